The largest absolute Gasteiger partial charge is 0.496 e. The zero-order valence-electron chi connectivity index (χ0n) is 17.5. The number of nitro benzene ring substituents is 1. The van der Waals surface area contributed by atoms with Gasteiger partial charge >= 0.3 is 0 Å². The SMILES string of the molecule is COc1ccc([N+](=O)[O-])cc1CSC1=N/C(=C\c2ccccc2)C(=O)N1c1ccc(F)cc1. The minimum Gasteiger partial charge on any atom is -0.496 e. The van der Waals surface area contributed by atoms with E-state index in [-0.39, 0.29) is 23.0 Å². The number of nitrogens with zero attached hydrogens (tertiary/aromatic N) is 3. The number of halogens is 1. The summed E-state index contributed by atoms with van der Waals surface area (Å²) in [6.45, 7) is 0. The number of hydrogen-bond donors (Lipinski definition) is 0. The number of carbonyl (C=O) groups excluding carboxylic acids is 1. The molecule has 0 saturated heterocycles. The number of amidine groups is 1. The molecule has 166 valence electrons. The van der Waals surface area contributed by atoms with Crippen LogP contribution in [0.1, 0.15) is 11.1 Å². The molecule has 0 radical (unpaired) electrons. The highest BCUT2D eigenvalue weighted by atomic mass is 32.2. The Hall–Kier alpha value is -3.98. The fourth-order valence-corrected chi connectivity index (χ4v) is 4.24. The molecule has 0 saturated carbocycles. The van der Waals surface area contributed by atoms with Crippen LogP contribution in [0.25, 0.3) is 6.08 Å². The van der Waals surface area contributed by atoms with E-state index in [1.165, 1.54) is 66.2 Å². The van der Waals surface area contributed by atoms with Gasteiger partial charge in [-0.25, -0.2) is 9.38 Å². The second-order valence-electron chi connectivity index (χ2n) is 6.99. The van der Waals surface area contributed by atoms with Crippen LogP contribution < -0.4 is 9.64 Å². The van der Waals surface area contributed by atoms with E-state index in [4.69, 9.17) is 4.74 Å². The van der Waals surface area contributed by atoms with Crippen molar-refractivity contribution in [2.45, 2.75) is 5.75 Å². The van der Waals surface area contributed by atoms with E-state index in [0.29, 0.717) is 22.2 Å². The van der Waals surface area contributed by atoms with Crippen molar-refractivity contribution in [2.24, 2.45) is 4.99 Å². The Morgan fingerprint density at radius 1 is 1.12 bits per heavy atom. The van der Waals surface area contributed by atoms with Gasteiger partial charge in [-0.2, -0.15) is 0 Å². The molecule has 9 heteroatoms. The average Bonchev–Trinajstić information content (AvgIpc) is 3.13. The molecule has 4 rings (SSSR count). The molecule has 7 nitrogen and oxygen atoms in total. The Kier molecular flexibility index (Phi) is 6.50. The molecule has 0 bridgehead atoms. The number of amides is 1. The zero-order chi connectivity index (χ0) is 23.4. The predicted octanol–water partition coefficient (Wildman–Crippen LogP) is 5.42. The molecule has 0 unspecified atom stereocenters. The van der Waals surface area contributed by atoms with Crippen molar-refractivity contribution < 1.29 is 18.8 Å². The first-order valence-electron chi connectivity index (χ1n) is 9.86. The summed E-state index contributed by atoms with van der Waals surface area (Å²) < 4.78 is 18.8. The molecule has 3 aromatic carbocycles. The molecule has 1 aliphatic rings. The Bertz CT molecular complexity index is 1260. The maximum Gasteiger partial charge on any atom is 0.283 e. The first kappa shape index (κ1) is 22.2. The number of ether oxygens (including phenoxy) is 1. The van der Waals surface area contributed by atoms with E-state index in [9.17, 15) is 19.3 Å². The van der Waals surface area contributed by atoms with Crippen molar-refractivity contribution in [3.05, 3.63) is 106 Å². The van der Waals surface area contributed by atoms with Crippen molar-refractivity contribution in [2.75, 3.05) is 12.0 Å². The molecule has 1 heterocycles. The number of carbonyl (C=O) groups is 1. The fraction of sp³-hybridized carbons (Fsp3) is 0.0833. The van der Waals surface area contributed by atoms with Gasteiger partial charge in [0.2, 0.25) is 0 Å². The van der Waals surface area contributed by atoms with Gasteiger partial charge in [0.15, 0.2) is 5.17 Å². The minimum absolute atomic E-state index is 0.0594. The summed E-state index contributed by atoms with van der Waals surface area (Å²) in [6.07, 6.45) is 1.68. The van der Waals surface area contributed by atoms with Crippen LogP contribution in [0.15, 0.2) is 83.5 Å². The quantitative estimate of drug-likeness (QED) is 0.277. The molecule has 1 amide bonds. The highest BCUT2D eigenvalue weighted by Crippen LogP contribution is 2.33. The Balaban J connectivity index is 1.68. The van der Waals surface area contributed by atoms with Crippen LogP contribution >= 0.6 is 11.8 Å². The highest BCUT2D eigenvalue weighted by Gasteiger charge is 2.32. The molecule has 0 spiro atoms. The molecule has 0 fully saturated rings. The Morgan fingerprint density at radius 3 is 2.52 bits per heavy atom. The van der Waals surface area contributed by atoms with Gasteiger partial charge < -0.3 is 4.74 Å². The maximum absolute atomic E-state index is 13.5. The van der Waals surface area contributed by atoms with Gasteiger partial charge in [0.25, 0.3) is 11.6 Å². The van der Waals surface area contributed by atoms with Crippen LogP contribution in [0.5, 0.6) is 5.75 Å². The van der Waals surface area contributed by atoms with Gasteiger partial charge in [-0.05, 0) is 42.0 Å². The lowest BCUT2D eigenvalue weighted by Crippen LogP contribution is -2.30. The topological polar surface area (TPSA) is 85.0 Å². The van der Waals surface area contributed by atoms with E-state index in [1.807, 2.05) is 30.3 Å². The van der Waals surface area contributed by atoms with Gasteiger partial charge in [-0.3, -0.25) is 19.8 Å². The first-order chi connectivity index (χ1) is 16.0. The first-order valence-corrected chi connectivity index (χ1v) is 10.8. The van der Waals surface area contributed by atoms with Crippen molar-refractivity contribution in [3.8, 4) is 5.75 Å². The van der Waals surface area contributed by atoms with Crippen LogP contribution in [-0.4, -0.2) is 23.1 Å². The number of benzene rings is 3. The number of aliphatic imine (C=N–C) groups is 1. The van der Waals surface area contributed by atoms with Gasteiger partial charge in [0, 0.05) is 23.4 Å². The third kappa shape index (κ3) is 4.93. The number of anilines is 1. The second-order valence-corrected chi connectivity index (χ2v) is 7.94. The number of methoxy groups -OCH3 is 1. The second kappa shape index (κ2) is 9.66. The number of thioether (sulfide) groups is 1. The predicted molar refractivity (Wildman–Crippen MR) is 127 cm³/mol. The Morgan fingerprint density at radius 2 is 1.85 bits per heavy atom. The molecule has 0 N–H and O–H groups in total. The number of non-ortho nitro benzene ring substituents is 1. The molecule has 1 aliphatic heterocycles. The molecule has 0 atom stereocenters. The van der Waals surface area contributed by atoms with Gasteiger partial charge in [0.05, 0.1) is 17.7 Å². The lowest BCUT2D eigenvalue weighted by atomic mass is 10.2. The van der Waals surface area contributed by atoms with Crippen molar-refractivity contribution in [1.82, 2.24) is 0 Å². The number of rotatable bonds is 6. The molecule has 3 aromatic rings. The summed E-state index contributed by atoms with van der Waals surface area (Å²) in [6, 6.07) is 19.2. The molecular formula is C24H18FN3O4S. The summed E-state index contributed by atoms with van der Waals surface area (Å²) in [4.78, 5) is 29.8. The van der Waals surface area contributed by atoms with E-state index in [0.717, 1.165) is 5.56 Å². The van der Waals surface area contributed by atoms with Crippen LogP contribution in [0.4, 0.5) is 15.8 Å². The molecule has 33 heavy (non-hydrogen) atoms. The smallest absolute Gasteiger partial charge is 0.283 e. The summed E-state index contributed by atoms with van der Waals surface area (Å²) in [7, 11) is 1.48. The normalized spacial score (nSPS) is 14.5. The van der Waals surface area contributed by atoms with Crippen LogP contribution in [0, 0.1) is 15.9 Å². The summed E-state index contributed by atoms with van der Waals surface area (Å²) in [5.41, 5.74) is 2.05. The molecular weight excluding hydrogens is 445 g/mol. The van der Waals surface area contributed by atoms with Gasteiger partial charge in [0.1, 0.15) is 17.3 Å². The maximum atomic E-state index is 13.5. The third-order valence-electron chi connectivity index (χ3n) is 4.85. The van der Waals surface area contributed by atoms with Crippen LogP contribution in [0.3, 0.4) is 0 Å². The summed E-state index contributed by atoms with van der Waals surface area (Å²) in [5.74, 6) is -0.00362. The van der Waals surface area contributed by atoms with E-state index in [1.54, 1.807) is 6.08 Å². The lowest BCUT2D eigenvalue weighted by molar-refractivity contribution is -0.384. The van der Waals surface area contributed by atoms with Crippen molar-refractivity contribution in [1.29, 1.82) is 0 Å². The van der Waals surface area contributed by atoms with Crippen LogP contribution in [-0.2, 0) is 10.5 Å². The Labute approximate surface area is 193 Å². The standard InChI is InChI=1S/C24H18FN3O4S/c1-32-22-12-11-20(28(30)31)14-17(22)15-33-24-26-21(13-16-5-3-2-4-6-16)23(29)27(24)19-9-7-18(25)8-10-19/h2-14H,15H2,1H3/b21-13-. The monoisotopic (exact) mass is 463 g/mol. The molecule has 0 aliphatic carbocycles. The van der Waals surface area contributed by atoms with Crippen molar-refractivity contribution in [3.63, 3.8) is 0 Å². The average molecular weight is 463 g/mol. The fourth-order valence-electron chi connectivity index (χ4n) is 3.25. The zero-order valence-corrected chi connectivity index (χ0v) is 18.3. The third-order valence-corrected chi connectivity index (χ3v) is 5.84. The van der Waals surface area contributed by atoms with E-state index >= 15 is 0 Å². The van der Waals surface area contributed by atoms with E-state index in [2.05, 4.69) is 4.99 Å². The van der Waals surface area contributed by atoms with E-state index < -0.39 is 10.7 Å². The van der Waals surface area contributed by atoms with Crippen molar-refractivity contribution >= 4 is 40.3 Å². The molecule has 0 aromatic heterocycles. The number of hydrogen-bond acceptors (Lipinski definition) is 6. The van der Waals surface area contributed by atoms with Gasteiger partial charge in [-0.1, -0.05) is 42.1 Å². The highest BCUT2D eigenvalue weighted by molar-refractivity contribution is 8.13. The lowest BCUT2D eigenvalue weighted by Gasteiger charge is -2.18. The summed E-state index contributed by atoms with van der Waals surface area (Å²) >= 11 is 1.23. The van der Waals surface area contributed by atoms with Crippen LogP contribution in [0.2, 0.25) is 0 Å². The minimum atomic E-state index is -0.476. The van der Waals surface area contributed by atoms with Gasteiger partial charge in [-0.15, -0.1) is 0 Å². The summed E-state index contributed by atoms with van der Waals surface area (Å²) in [5, 5.41) is 11.6. The number of nitro groups is 1.